The third-order valence-corrected chi connectivity index (χ3v) is 4.88. The van der Waals surface area contributed by atoms with E-state index >= 15 is 0 Å². The molecule has 1 aliphatic carbocycles. The lowest BCUT2D eigenvalue weighted by Crippen LogP contribution is -2.42. The van der Waals surface area contributed by atoms with Crippen LogP contribution in [0, 0.1) is 5.92 Å². The van der Waals surface area contributed by atoms with E-state index in [1.54, 1.807) is 0 Å². The fourth-order valence-electron chi connectivity index (χ4n) is 3.29. The molecule has 1 aromatic rings. The van der Waals surface area contributed by atoms with Crippen LogP contribution in [0.15, 0.2) is 30.3 Å². The first-order valence-electron chi connectivity index (χ1n) is 8.44. The largest absolute Gasteiger partial charge is 0.364 e. The van der Waals surface area contributed by atoms with E-state index in [0.29, 0.717) is 19.0 Å². The Hall–Kier alpha value is -1.10. The molecule has 1 saturated carbocycles. The molecule has 2 fully saturated rings. The van der Waals surface area contributed by atoms with Gasteiger partial charge in [-0.1, -0.05) is 36.8 Å². The SMILES string of the molecule is Cl.NC[C@H]1CC[C@@H](C(=O)N(Cc2ccccc2)CC2CCC2)O1. The molecule has 0 spiro atoms. The maximum Gasteiger partial charge on any atom is 0.252 e. The Balaban J connectivity index is 0.00000192. The first-order chi connectivity index (χ1) is 10.8. The summed E-state index contributed by atoms with van der Waals surface area (Å²) in [7, 11) is 0. The van der Waals surface area contributed by atoms with Gasteiger partial charge in [0.2, 0.25) is 0 Å². The van der Waals surface area contributed by atoms with Crippen molar-refractivity contribution in [2.45, 2.75) is 50.9 Å². The number of rotatable bonds is 6. The maximum absolute atomic E-state index is 12.8. The number of hydrogen-bond acceptors (Lipinski definition) is 3. The average molecular weight is 339 g/mol. The summed E-state index contributed by atoms with van der Waals surface area (Å²) in [5.74, 6) is 0.811. The summed E-state index contributed by atoms with van der Waals surface area (Å²) >= 11 is 0. The molecular weight excluding hydrogens is 312 g/mol. The van der Waals surface area contributed by atoms with Gasteiger partial charge >= 0.3 is 0 Å². The van der Waals surface area contributed by atoms with Crippen molar-refractivity contribution in [1.29, 1.82) is 0 Å². The highest BCUT2D eigenvalue weighted by molar-refractivity contribution is 5.85. The molecule has 1 aliphatic heterocycles. The second-order valence-electron chi connectivity index (χ2n) is 6.56. The van der Waals surface area contributed by atoms with Crippen LogP contribution in [-0.2, 0) is 16.1 Å². The predicted octanol–water partition coefficient (Wildman–Crippen LogP) is 2.74. The summed E-state index contributed by atoms with van der Waals surface area (Å²) in [6.45, 7) is 2.05. The zero-order chi connectivity index (χ0) is 15.4. The van der Waals surface area contributed by atoms with Gasteiger partial charge < -0.3 is 15.4 Å². The van der Waals surface area contributed by atoms with E-state index in [-0.39, 0.29) is 30.5 Å². The topological polar surface area (TPSA) is 55.6 Å². The monoisotopic (exact) mass is 338 g/mol. The van der Waals surface area contributed by atoms with Crippen molar-refractivity contribution < 1.29 is 9.53 Å². The lowest BCUT2D eigenvalue weighted by atomic mass is 9.85. The lowest BCUT2D eigenvalue weighted by Gasteiger charge is -2.33. The van der Waals surface area contributed by atoms with Crippen LogP contribution in [0.3, 0.4) is 0 Å². The van der Waals surface area contributed by atoms with Crippen molar-refractivity contribution in [1.82, 2.24) is 4.90 Å². The van der Waals surface area contributed by atoms with E-state index in [4.69, 9.17) is 10.5 Å². The van der Waals surface area contributed by atoms with E-state index in [0.717, 1.165) is 19.4 Å². The Morgan fingerprint density at radius 3 is 2.48 bits per heavy atom. The number of nitrogens with two attached hydrogens (primary N) is 1. The molecule has 2 N–H and O–H groups in total. The number of amides is 1. The van der Waals surface area contributed by atoms with Gasteiger partial charge in [-0.05, 0) is 37.2 Å². The Bertz CT molecular complexity index is 493. The normalized spacial score (nSPS) is 23.9. The van der Waals surface area contributed by atoms with E-state index in [2.05, 4.69) is 12.1 Å². The van der Waals surface area contributed by atoms with Crippen molar-refractivity contribution in [3.05, 3.63) is 35.9 Å². The van der Waals surface area contributed by atoms with Crippen LogP contribution in [0.2, 0.25) is 0 Å². The molecule has 0 radical (unpaired) electrons. The first kappa shape index (κ1) is 18.2. The number of halogens is 1. The molecular formula is C18H27ClN2O2. The second kappa shape index (κ2) is 8.67. The molecule has 1 heterocycles. The van der Waals surface area contributed by atoms with Crippen LogP contribution in [0.4, 0.5) is 0 Å². The van der Waals surface area contributed by atoms with Crippen molar-refractivity contribution in [3.63, 3.8) is 0 Å². The van der Waals surface area contributed by atoms with Crippen LogP contribution in [0.1, 0.15) is 37.7 Å². The van der Waals surface area contributed by atoms with Gasteiger partial charge in [-0.25, -0.2) is 0 Å². The smallest absolute Gasteiger partial charge is 0.252 e. The number of hydrogen-bond donors (Lipinski definition) is 1. The van der Waals surface area contributed by atoms with E-state index in [9.17, 15) is 4.79 Å². The number of carbonyl (C=O) groups is 1. The Morgan fingerprint density at radius 2 is 1.91 bits per heavy atom. The van der Waals surface area contributed by atoms with E-state index in [1.165, 1.54) is 24.8 Å². The van der Waals surface area contributed by atoms with Gasteiger partial charge in [-0.3, -0.25) is 4.79 Å². The number of ether oxygens (including phenoxy) is 1. The van der Waals surface area contributed by atoms with Gasteiger partial charge in [0.15, 0.2) is 0 Å². The fourth-order valence-corrected chi connectivity index (χ4v) is 3.29. The summed E-state index contributed by atoms with van der Waals surface area (Å²) in [5.41, 5.74) is 6.84. The van der Waals surface area contributed by atoms with Crippen molar-refractivity contribution >= 4 is 18.3 Å². The molecule has 4 nitrogen and oxygen atoms in total. The minimum absolute atomic E-state index is 0. The van der Waals surface area contributed by atoms with Crippen molar-refractivity contribution in [3.8, 4) is 0 Å². The molecule has 0 aromatic heterocycles. The highest BCUT2D eigenvalue weighted by atomic mass is 35.5. The number of nitrogens with zero attached hydrogens (tertiary/aromatic N) is 1. The molecule has 128 valence electrons. The standard InChI is InChI=1S/C18H26N2O2.ClH/c19-11-16-9-10-17(22-16)18(21)20(13-15-7-4-8-15)12-14-5-2-1-3-6-14;/h1-3,5-6,15-17H,4,7-13,19H2;1H/t16-,17+;/m1./s1. The highest BCUT2D eigenvalue weighted by Gasteiger charge is 2.34. The van der Waals surface area contributed by atoms with Gasteiger partial charge in [0.1, 0.15) is 6.10 Å². The Kier molecular flexibility index (Phi) is 6.88. The van der Waals surface area contributed by atoms with Gasteiger partial charge in [-0.2, -0.15) is 0 Å². The minimum Gasteiger partial charge on any atom is -0.364 e. The molecule has 1 amide bonds. The predicted molar refractivity (Wildman–Crippen MR) is 93.4 cm³/mol. The van der Waals surface area contributed by atoms with Crippen LogP contribution >= 0.6 is 12.4 Å². The summed E-state index contributed by atoms with van der Waals surface area (Å²) < 4.78 is 5.81. The average Bonchev–Trinajstić information content (AvgIpc) is 2.99. The quantitative estimate of drug-likeness (QED) is 0.867. The summed E-state index contributed by atoms with van der Waals surface area (Å²) in [6.07, 6.45) is 5.25. The number of benzene rings is 1. The molecule has 0 bridgehead atoms. The van der Waals surface area contributed by atoms with Gasteiger partial charge in [0.05, 0.1) is 6.10 Å². The molecule has 3 rings (SSSR count). The second-order valence-corrected chi connectivity index (χ2v) is 6.56. The molecule has 0 unspecified atom stereocenters. The van der Waals surface area contributed by atoms with Crippen LogP contribution in [0.25, 0.3) is 0 Å². The third kappa shape index (κ3) is 4.69. The van der Waals surface area contributed by atoms with Gasteiger partial charge in [-0.15, -0.1) is 12.4 Å². The molecule has 1 saturated heterocycles. The zero-order valence-electron chi connectivity index (χ0n) is 13.5. The fraction of sp³-hybridized carbons (Fsp3) is 0.611. The molecule has 2 atom stereocenters. The summed E-state index contributed by atoms with van der Waals surface area (Å²) in [6, 6.07) is 10.2. The van der Waals surface area contributed by atoms with Gasteiger partial charge in [0, 0.05) is 19.6 Å². The van der Waals surface area contributed by atoms with Gasteiger partial charge in [0.25, 0.3) is 5.91 Å². The van der Waals surface area contributed by atoms with Crippen molar-refractivity contribution in [2.75, 3.05) is 13.1 Å². The van der Waals surface area contributed by atoms with Crippen LogP contribution in [-0.4, -0.2) is 36.1 Å². The first-order valence-corrected chi connectivity index (χ1v) is 8.44. The summed E-state index contributed by atoms with van der Waals surface area (Å²) in [5, 5.41) is 0. The van der Waals surface area contributed by atoms with E-state index < -0.39 is 0 Å². The third-order valence-electron chi connectivity index (χ3n) is 4.88. The number of carbonyl (C=O) groups excluding carboxylic acids is 1. The maximum atomic E-state index is 12.8. The molecule has 2 aliphatic rings. The highest BCUT2D eigenvalue weighted by Crippen LogP contribution is 2.29. The molecule has 5 heteroatoms. The molecule has 23 heavy (non-hydrogen) atoms. The summed E-state index contributed by atoms with van der Waals surface area (Å²) in [4.78, 5) is 14.8. The lowest BCUT2D eigenvalue weighted by molar-refractivity contribution is -0.144. The Morgan fingerprint density at radius 1 is 1.17 bits per heavy atom. The molecule has 1 aromatic carbocycles. The van der Waals surface area contributed by atoms with Crippen molar-refractivity contribution in [2.24, 2.45) is 11.7 Å². The van der Waals surface area contributed by atoms with Crippen LogP contribution < -0.4 is 5.73 Å². The minimum atomic E-state index is -0.294. The Labute approximate surface area is 144 Å². The zero-order valence-corrected chi connectivity index (χ0v) is 14.3. The van der Waals surface area contributed by atoms with E-state index in [1.807, 2.05) is 23.1 Å². The van der Waals surface area contributed by atoms with Crippen LogP contribution in [0.5, 0.6) is 0 Å².